The van der Waals surface area contributed by atoms with Crippen molar-refractivity contribution in [2.45, 2.75) is 12.8 Å². The van der Waals surface area contributed by atoms with E-state index in [4.69, 9.17) is 10.4 Å². The van der Waals surface area contributed by atoms with Crippen molar-refractivity contribution < 1.29 is 23.2 Å². The third kappa shape index (κ3) is 2.34. The number of aliphatic hydroxyl groups excluding tert-OH is 1. The first-order valence-electron chi connectivity index (χ1n) is 4.21. The van der Waals surface area contributed by atoms with Crippen molar-refractivity contribution in [3.63, 3.8) is 0 Å². The second kappa shape index (κ2) is 4.39. The summed E-state index contributed by atoms with van der Waals surface area (Å²) in [4.78, 5) is 9.25. The highest BCUT2D eigenvalue weighted by Crippen LogP contribution is 2.39. The van der Waals surface area contributed by atoms with Gasteiger partial charge >= 0.3 is 6.18 Å². The van der Waals surface area contributed by atoms with Crippen LogP contribution in [-0.4, -0.2) is 10.0 Å². The van der Waals surface area contributed by atoms with Crippen molar-refractivity contribution in [1.82, 2.24) is 0 Å². The summed E-state index contributed by atoms with van der Waals surface area (Å²) in [7, 11) is 0. The minimum atomic E-state index is -5.03. The van der Waals surface area contributed by atoms with Crippen LogP contribution in [-0.2, 0) is 12.8 Å². The van der Waals surface area contributed by atoms with Gasteiger partial charge in [0.15, 0.2) is 5.56 Å². The number of halogens is 3. The molecule has 0 atom stereocenters. The number of nitro groups is 1. The normalized spacial score (nSPS) is 11.0. The fraction of sp³-hybridized carbons (Fsp3) is 0.222. The monoisotopic (exact) mass is 246 g/mol. The second-order valence-corrected chi connectivity index (χ2v) is 3.02. The molecule has 1 aromatic carbocycles. The number of aliphatic hydroxyl groups is 1. The molecule has 0 fully saturated rings. The van der Waals surface area contributed by atoms with Gasteiger partial charge < -0.3 is 5.11 Å². The van der Waals surface area contributed by atoms with Gasteiger partial charge in [0, 0.05) is 6.07 Å². The van der Waals surface area contributed by atoms with Gasteiger partial charge in [0.25, 0.3) is 5.69 Å². The Balaban J connectivity index is 3.70. The number of hydrogen-bond acceptors (Lipinski definition) is 4. The number of rotatable bonds is 2. The first kappa shape index (κ1) is 12.9. The standard InChI is InChI=1S/C9H5F3N2O3/c10-9(11,12)8-6(3-13)5(4-15)1-2-7(8)14(16)17/h1-2,15H,4H2. The molecule has 8 heteroatoms. The summed E-state index contributed by atoms with van der Waals surface area (Å²) in [6.07, 6.45) is -5.03. The molecule has 1 aromatic rings. The van der Waals surface area contributed by atoms with Crippen LogP contribution in [0.4, 0.5) is 18.9 Å². The minimum Gasteiger partial charge on any atom is -0.392 e. The summed E-state index contributed by atoms with van der Waals surface area (Å²) in [5, 5.41) is 27.9. The van der Waals surface area contributed by atoms with Gasteiger partial charge in [0.1, 0.15) is 6.07 Å². The summed E-state index contributed by atoms with van der Waals surface area (Å²) in [6.45, 7) is -0.802. The van der Waals surface area contributed by atoms with E-state index in [2.05, 4.69) is 0 Å². The highest BCUT2D eigenvalue weighted by Gasteiger charge is 2.42. The quantitative estimate of drug-likeness (QED) is 0.638. The Morgan fingerprint density at radius 3 is 2.41 bits per heavy atom. The Morgan fingerprint density at radius 1 is 1.47 bits per heavy atom. The van der Waals surface area contributed by atoms with Gasteiger partial charge in [-0.15, -0.1) is 0 Å². The van der Waals surface area contributed by atoms with Gasteiger partial charge in [-0.2, -0.15) is 18.4 Å². The van der Waals surface area contributed by atoms with Crippen LogP contribution in [0, 0.1) is 21.4 Å². The van der Waals surface area contributed by atoms with E-state index in [0.717, 1.165) is 6.07 Å². The molecule has 0 saturated carbocycles. The fourth-order valence-electron chi connectivity index (χ4n) is 1.33. The van der Waals surface area contributed by atoms with E-state index in [9.17, 15) is 23.3 Å². The average molecular weight is 246 g/mol. The topological polar surface area (TPSA) is 87.2 Å². The molecule has 0 aliphatic rings. The molecule has 90 valence electrons. The van der Waals surface area contributed by atoms with Gasteiger partial charge in [-0.3, -0.25) is 10.1 Å². The predicted octanol–water partition coefficient (Wildman–Crippen LogP) is 1.98. The van der Waals surface area contributed by atoms with Crippen LogP contribution in [0.5, 0.6) is 0 Å². The van der Waals surface area contributed by atoms with Crippen molar-refractivity contribution in [3.05, 3.63) is 38.9 Å². The van der Waals surface area contributed by atoms with Gasteiger partial charge in [-0.25, -0.2) is 0 Å². The lowest BCUT2D eigenvalue weighted by molar-refractivity contribution is -0.388. The summed E-state index contributed by atoms with van der Waals surface area (Å²) in [5.74, 6) is 0. The number of nitro benzene ring substituents is 1. The van der Waals surface area contributed by atoms with Crippen LogP contribution in [0.25, 0.3) is 0 Å². The lowest BCUT2D eigenvalue weighted by Crippen LogP contribution is -2.13. The molecule has 17 heavy (non-hydrogen) atoms. The number of hydrogen-bond donors (Lipinski definition) is 1. The van der Waals surface area contributed by atoms with Crippen LogP contribution in [0.2, 0.25) is 0 Å². The van der Waals surface area contributed by atoms with Gasteiger partial charge in [0.05, 0.1) is 17.1 Å². The number of benzene rings is 1. The molecule has 5 nitrogen and oxygen atoms in total. The Kier molecular flexibility index (Phi) is 3.34. The molecule has 0 radical (unpaired) electrons. The van der Waals surface area contributed by atoms with E-state index in [0.29, 0.717) is 6.07 Å². The maximum Gasteiger partial charge on any atom is 0.424 e. The molecular formula is C9H5F3N2O3. The van der Waals surface area contributed by atoms with Crippen molar-refractivity contribution >= 4 is 5.69 Å². The maximum atomic E-state index is 12.6. The molecule has 0 saturated heterocycles. The minimum absolute atomic E-state index is 0.301. The molecule has 0 heterocycles. The first-order chi connectivity index (χ1) is 7.82. The highest BCUT2D eigenvalue weighted by molar-refractivity contribution is 5.56. The predicted molar refractivity (Wildman–Crippen MR) is 48.7 cm³/mol. The summed E-state index contributed by atoms with van der Waals surface area (Å²) in [5.41, 5.74) is -4.05. The molecule has 1 N–H and O–H groups in total. The number of alkyl halides is 3. The van der Waals surface area contributed by atoms with Crippen molar-refractivity contribution in [1.29, 1.82) is 5.26 Å². The molecule has 0 spiro atoms. The van der Waals surface area contributed by atoms with Crippen LogP contribution in [0.3, 0.4) is 0 Å². The summed E-state index contributed by atoms with van der Waals surface area (Å²) < 4.78 is 37.9. The average Bonchev–Trinajstić information content (AvgIpc) is 2.25. The van der Waals surface area contributed by atoms with Gasteiger partial charge in [0.2, 0.25) is 0 Å². The van der Waals surface area contributed by atoms with Gasteiger partial charge in [-0.1, -0.05) is 0 Å². The fourth-order valence-corrected chi connectivity index (χ4v) is 1.33. The molecule has 0 aromatic heterocycles. The molecular weight excluding hydrogens is 241 g/mol. The zero-order valence-corrected chi connectivity index (χ0v) is 8.15. The van der Waals surface area contributed by atoms with Crippen molar-refractivity contribution in [3.8, 4) is 6.07 Å². The molecule has 1 rings (SSSR count). The lowest BCUT2D eigenvalue weighted by atomic mass is 10.00. The SMILES string of the molecule is N#Cc1c(CO)ccc([N+](=O)[O-])c1C(F)(F)F. The molecule has 0 aliphatic carbocycles. The Hall–Kier alpha value is -2.14. The zero-order valence-electron chi connectivity index (χ0n) is 8.15. The number of nitrogens with zero attached hydrogens (tertiary/aromatic N) is 2. The van der Waals surface area contributed by atoms with E-state index >= 15 is 0 Å². The van der Waals surface area contributed by atoms with E-state index in [1.54, 1.807) is 0 Å². The Labute approximate surface area is 92.9 Å². The van der Waals surface area contributed by atoms with Crippen molar-refractivity contribution in [2.24, 2.45) is 0 Å². The molecule has 0 amide bonds. The zero-order chi connectivity index (χ0) is 13.2. The molecule has 0 aliphatic heterocycles. The van der Waals surface area contributed by atoms with E-state index in [1.165, 1.54) is 6.07 Å². The Bertz CT molecular complexity index is 505. The number of nitriles is 1. The van der Waals surface area contributed by atoms with Crippen LogP contribution in [0.15, 0.2) is 12.1 Å². The second-order valence-electron chi connectivity index (χ2n) is 3.02. The first-order valence-corrected chi connectivity index (χ1v) is 4.21. The van der Waals surface area contributed by atoms with E-state index in [-0.39, 0.29) is 5.56 Å². The third-order valence-electron chi connectivity index (χ3n) is 2.03. The lowest BCUT2D eigenvalue weighted by Gasteiger charge is -2.11. The summed E-state index contributed by atoms with van der Waals surface area (Å²) in [6, 6.07) is 2.78. The highest BCUT2D eigenvalue weighted by atomic mass is 19.4. The molecule has 0 bridgehead atoms. The van der Waals surface area contributed by atoms with Crippen LogP contribution in [0.1, 0.15) is 16.7 Å². The molecule has 0 unspecified atom stereocenters. The maximum absolute atomic E-state index is 12.6. The largest absolute Gasteiger partial charge is 0.424 e. The van der Waals surface area contributed by atoms with Crippen molar-refractivity contribution in [2.75, 3.05) is 0 Å². The van der Waals surface area contributed by atoms with Crippen LogP contribution < -0.4 is 0 Å². The third-order valence-corrected chi connectivity index (χ3v) is 2.03. The van der Waals surface area contributed by atoms with E-state index in [1.807, 2.05) is 0 Å². The van der Waals surface area contributed by atoms with Gasteiger partial charge in [-0.05, 0) is 11.6 Å². The van der Waals surface area contributed by atoms with E-state index < -0.39 is 34.5 Å². The summed E-state index contributed by atoms with van der Waals surface area (Å²) >= 11 is 0. The smallest absolute Gasteiger partial charge is 0.392 e. The Morgan fingerprint density at radius 2 is 2.06 bits per heavy atom. The van der Waals surface area contributed by atoms with Crippen LogP contribution >= 0.6 is 0 Å².